The van der Waals surface area contributed by atoms with E-state index in [1.54, 1.807) is 31.6 Å². The normalized spacial score (nSPS) is 20.7. The van der Waals surface area contributed by atoms with Crippen LogP contribution >= 0.6 is 0 Å². The minimum Gasteiger partial charge on any atom is -0.494 e. The highest BCUT2D eigenvalue weighted by Crippen LogP contribution is 2.49. The SMILES string of the molecule is COC(=O)Cc1ccc(OCCC2CC2C2CCN(c3ncc(OC)cn3)CC2)cc1F. The molecule has 0 radical (unpaired) electrons. The summed E-state index contributed by atoms with van der Waals surface area (Å²) in [5.74, 6) is 3.24. The van der Waals surface area contributed by atoms with Gasteiger partial charge in [-0.05, 0) is 55.1 Å². The van der Waals surface area contributed by atoms with E-state index in [1.807, 2.05) is 0 Å². The molecule has 4 rings (SSSR count). The number of piperidine rings is 1. The van der Waals surface area contributed by atoms with Gasteiger partial charge in [-0.3, -0.25) is 4.79 Å². The third-order valence-electron chi connectivity index (χ3n) is 6.60. The number of rotatable bonds is 9. The molecule has 1 aliphatic heterocycles. The van der Waals surface area contributed by atoms with Gasteiger partial charge < -0.3 is 19.1 Å². The van der Waals surface area contributed by atoms with E-state index in [1.165, 1.54) is 19.6 Å². The largest absolute Gasteiger partial charge is 0.494 e. The van der Waals surface area contributed by atoms with Crippen LogP contribution in [0.25, 0.3) is 0 Å². The van der Waals surface area contributed by atoms with E-state index in [9.17, 15) is 9.18 Å². The summed E-state index contributed by atoms with van der Waals surface area (Å²) in [5, 5.41) is 0. The van der Waals surface area contributed by atoms with Gasteiger partial charge in [0.25, 0.3) is 0 Å². The Balaban J connectivity index is 1.17. The lowest BCUT2D eigenvalue weighted by atomic mass is 9.90. The molecule has 1 saturated heterocycles. The Morgan fingerprint density at radius 3 is 2.56 bits per heavy atom. The molecule has 2 fully saturated rings. The standard InChI is InChI=1S/C24H30FN3O4/c1-30-20-14-26-24(27-15-20)28-8-5-16(6-9-28)21-11-17(21)7-10-32-19-4-3-18(22(25)13-19)12-23(29)31-2/h3-4,13-17,21H,5-12H2,1-2H3. The van der Waals surface area contributed by atoms with E-state index in [2.05, 4.69) is 19.6 Å². The Kier molecular flexibility index (Phi) is 7.07. The summed E-state index contributed by atoms with van der Waals surface area (Å²) in [6, 6.07) is 4.64. The summed E-state index contributed by atoms with van der Waals surface area (Å²) < 4.78 is 29.6. The number of aromatic nitrogens is 2. The molecular weight excluding hydrogens is 413 g/mol. The lowest BCUT2D eigenvalue weighted by molar-refractivity contribution is -0.139. The Bertz CT molecular complexity index is 916. The molecule has 2 atom stereocenters. The summed E-state index contributed by atoms with van der Waals surface area (Å²) in [6.45, 7) is 2.54. The van der Waals surface area contributed by atoms with E-state index in [4.69, 9.17) is 9.47 Å². The summed E-state index contributed by atoms with van der Waals surface area (Å²) in [6.07, 6.45) is 7.90. The number of hydrogen-bond donors (Lipinski definition) is 0. The van der Waals surface area contributed by atoms with Gasteiger partial charge in [0.1, 0.15) is 11.6 Å². The van der Waals surface area contributed by atoms with Crippen molar-refractivity contribution in [3.63, 3.8) is 0 Å². The van der Waals surface area contributed by atoms with Crippen LogP contribution in [0, 0.1) is 23.6 Å². The van der Waals surface area contributed by atoms with Crippen LogP contribution in [-0.2, 0) is 16.0 Å². The van der Waals surface area contributed by atoms with Crippen molar-refractivity contribution in [2.24, 2.45) is 17.8 Å². The van der Waals surface area contributed by atoms with Crippen molar-refractivity contribution in [2.75, 3.05) is 38.8 Å². The fourth-order valence-electron chi connectivity index (χ4n) is 4.60. The highest BCUT2D eigenvalue weighted by molar-refractivity contribution is 5.72. The molecule has 0 bridgehead atoms. The molecule has 1 aromatic heterocycles. The minimum absolute atomic E-state index is 0.0736. The predicted octanol–water partition coefficient (Wildman–Crippen LogP) is 3.66. The quantitative estimate of drug-likeness (QED) is 0.548. The first-order chi connectivity index (χ1) is 15.6. The number of halogens is 1. The average Bonchev–Trinajstić information content (AvgIpc) is 3.60. The first kappa shape index (κ1) is 22.3. The molecule has 1 aromatic carbocycles. The van der Waals surface area contributed by atoms with E-state index in [0.29, 0.717) is 29.6 Å². The number of esters is 1. The number of carbonyl (C=O) groups excluding carboxylic acids is 1. The van der Waals surface area contributed by atoms with Crippen LogP contribution in [0.4, 0.5) is 10.3 Å². The van der Waals surface area contributed by atoms with E-state index < -0.39 is 11.8 Å². The predicted molar refractivity (Wildman–Crippen MR) is 117 cm³/mol. The Morgan fingerprint density at radius 1 is 1.16 bits per heavy atom. The van der Waals surface area contributed by atoms with Gasteiger partial charge in [-0.25, -0.2) is 14.4 Å². The van der Waals surface area contributed by atoms with Crippen molar-refractivity contribution in [2.45, 2.75) is 32.1 Å². The maximum absolute atomic E-state index is 14.1. The van der Waals surface area contributed by atoms with Gasteiger partial charge in [0.05, 0.1) is 39.6 Å². The van der Waals surface area contributed by atoms with Crippen LogP contribution in [0.15, 0.2) is 30.6 Å². The molecule has 172 valence electrons. The molecule has 7 nitrogen and oxygen atoms in total. The number of hydrogen-bond acceptors (Lipinski definition) is 7. The topological polar surface area (TPSA) is 73.8 Å². The fraction of sp³-hybridized carbons (Fsp3) is 0.542. The van der Waals surface area contributed by atoms with Gasteiger partial charge in [-0.2, -0.15) is 0 Å². The van der Waals surface area contributed by atoms with Crippen LogP contribution in [-0.4, -0.2) is 49.9 Å². The smallest absolute Gasteiger partial charge is 0.310 e. The molecule has 8 heteroatoms. The summed E-state index contributed by atoms with van der Waals surface area (Å²) in [4.78, 5) is 22.4. The van der Waals surface area contributed by atoms with Crippen LogP contribution in [0.2, 0.25) is 0 Å². The molecule has 32 heavy (non-hydrogen) atoms. The molecule has 2 aromatic rings. The van der Waals surface area contributed by atoms with Crippen molar-refractivity contribution in [3.05, 3.63) is 42.0 Å². The van der Waals surface area contributed by atoms with Gasteiger partial charge in [0, 0.05) is 19.2 Å². The van der Waals surface area contributed by atoms with Gasteiger partial charge in [0.2, 0.25) is 5.95 Å². The highest BCUT2D eigenvalue weighted by Gasteiger charge is 2.43. The number of nitrogens with zero attached hydrogens (tertiary/aromatic N) is 3. The number of methoxy groups -OCH3 is 2. The van der Waals surface area contributed by atoms with Crippen LogP contribution in [0.1, 0.15) is 31.2 Å². The second-order valence-corrected chi connectivity index (χ2v) is 8.55. The van der Waals surface area contributed by atoms with E-state index in [-0.39, 0.29) is 6.42 Å². The van der Waals surface area contributed by atoms with E-state index in [0.717, 1.165) is 50.1 Å². The summed E-state index contributed by atoms with van der Waals surface area (Å²) >= 11 is 0. The third-order valence-corrected chi connectivity index (χ3v) is 6.60. The minimum atomic E-state index is -0.459. The number of carbonyl (C=O) groups is 1. The lowest BCUT2D eigenvalue weighted by Crippen LogP contribution is -2.35. The van der Waals surface area contributed by atoms with Crippen LogP contribution in [0.5, 0.6) is 11.5 Å². The van der Waals surface area contributed by atoms with E-state index >= 15 is 0 Å². The maximum atomic E-state index is 14.1. The van der Waals surface area contributed by atoms with Gasteiger partial charge in [-0.1, -0.05) is 6.07 Å². The molecule has 0 spiro atoms. The van der Waals surface area contributed by atoms with Gasteiger partial charge >= 0.3 is 5.97 Å². The Hall–Kier alpha value is -2.90. The zero-order valence-corrected chi connectivity index (χ0v) is 18.6. The Morgan fingerprint density at radius 2 is 1.91 bits per heavy atom. The molecular formula is C24H30FN3O4. The van der Waals surface area contributed by atoms with Crippen molar-refractivity contribution in [1.82, 2.24) is 9.97 Å². The number of ether oxygens (including phenoxy) is 3. The van der Waals surface area contributed by atoms with Crippen molar-refractivity contribution >= 4 is 11.9 Å². The molecule has 0 amide bonds. The number of anilines is 1. The van der Waals surface area contributed by atoms with Crippen LogP contribution in [0.3, 0.4) is 0 Å². The summed E-state index contributed by atoms with van der Waals surface area (Å²) in [7, 11) is 2.91. The van der Waals surface area contributed by atoms with Crippen molar-refractivity contribution in [1.29, 1.82) is 0 Å². The Labute approximate surface area is 187 Å². The average molecular weight is 444 g/mol. The van der Waals surface area contributed by atoms with Gasteiger partial charge in [0.15, 0.2) is 5.75 Å². The zero-order chi connectivity index (χ0) is 22.5. The monoisotopic (exact) mass is 443 g/mol. The van der Waals surface area contributed by atoms with Gasteiger partial charge in [-0.15, -0.1) is 0 Å². The molecule has 1 saturated carbocycles. The highest BCUT2D eigenvalue weighted by atomic mass is 19.1. The zero-order valence-electron chi connectivity index (χ0n) is 18.6. The van der Waals surface area contributed by atoms with Crippen LogP contribution < -0.4 is 14.4 Å². The molecule has 0 N–H and O–H groups in total. The van der Waals surface area contributed by atoms with Crippen molar-refractivity contribution < 1.29 is 23.4 Å². The summed E-state index contributed by atoms with van der Waals surface area (Å²) in [5.41, 5.74) is 0.317. The molecule has 2 unspecified atom stereocenters. The number of benzene rings is 1. The first-order valence-corrected chi connectivity index (χ1v) is 11.2. The second-order valence-electron chi connectivity index (χ2n) is 8.55. The fourth-order valence-corrected chi connectivity index (χ4v) is 4.60. The second kappa shape index (κ2) is 10.1. The lowest BCUT2D eigenvalue weighted by Gasteiger charge is -2.32. The molecule has 2 heterocycles. The molecule has 2 aliphatic rings. The third kappa shape index (κ3) is 5.47. The first-order valence-electron chi connectivity index (χ1n) is 11.2. The maximum Gasteiger partial charge on any atom is 0.310 e. The van der Waals surface area contributed by atoms with Crippen molar-refractivity contribution in [3.8, 4) is 11.5 Å². The molecule has 1 aliphatic carbocycles.